The molecule has 104 valence electrons. The molecule has 1 fully saturated rings. The molecule has 19 heavy (non-hydrogen) atoms. The first kappa shape index (κ1) is 13.1. The number of aromatic nitrogens is 2. The van der Waals surface area contributed by atoms with Crippen molar-refractivity contribution in [3.8, 4) is 0 Å². The van der Waals surface area contributed by atoms with Crippen molar-refractivity contribution in [2.45, 2.75) is 70.6 Å². The minimum atomic E-state index is 0.326. The van der Waals surface area contributed by atoms with Gasteiger partial charge in [-0.15, -0.1) is 0 Å². The molecule has 0 bridgehead atoms. The van der Waals surface area contributed by atoms with Crippen LogP contribution < -0.4 is 0 Å². The smallest absolute Gasteiger partial charge is 0.0685 e. The largest absolute Gasteiger partial charge is 0.258 e. The number of nitrogens with zero attached hydrogens (tertiary/aromatic N) is 2. The van der Waals surface area contributed by atoms with Gasteiger partial charge in [-0.2, -0.15) is 0 Å². The van der Waals surface area contributed by atoms with Crippen LogP contribution in [0, 0.1) is 11.8 Å². The number of fused-ring (bicyclic) bond motifs is 2. The third-order valence-corrected chi connectivity index (χ3v) is 5.76. The summed E-state index contributed by atoms with van der Waals surface area (Å²) in [5.74, 6) is 1.57. The SMILES string of the molecule is CCC1CCCC(C)C12CCCCc1nccnc12. The molecule has 2 nitrogen and oxygen atoms in total. The third-order valence-electron chi connectivity index (χ3n) is 5.76. The number of rotatable bonds is 1. The van der Waals surface area contributed by atoms with Gasteiger partial charge in [0.15, 0.2) is 0 Å². The molecule has 2 aliphatic rings. The summed E-state index contributed by atoms with van der Waals surface area (Å²) in [5, 5.41) is 0. The van der Waals surface area contributed by atoms with Gasteiger partial charge in [0.1, 0.15) is 0 Å². The molecule has 2 aliphatic carbocycles. The van der Waals surface area contributed by atoms with E-state index in [1.807, 2.05) is 12.4 Å². The lowest BCUT2D eigenvalue weighted by molar-refractivity contribution is 0.0955. The zero-order valence-corrected chi connectivity index (χ0v) is 12.4. The normalized spacial score (nSPS) is 34.8. The third kappa shape index (κ3) is 2.00. The van der Waals surface area contributed by atoms with Crippen LogP contribution in [0.15, 0.2) is 12.4 Å². The Morgan fingerprint density at radius 3 is 2.84 bits per heavy atom. The Labute approximate surface area is 117 Å². The summed E-state index contributed by atoms with van der Waals surface area (Å²) in [7, 11) is 0. The highest BCUT2D eigenvalue weighted by Crippen LogP contribution is 2.53. The fraction of sp³-hybridized carbons (Fsp3) is 0.765. The minimum absolute atomic E-state index is 0.326. The number of aryl methyl sites for hydroxylation is 1. The average molecular weight is 258 g/mol. The minimum Gasteiger partial charge on any atom is -0.258 e. The molecular weight excluding hydrogens is 232 g/mol. The van der Waals surface area contributed by atoms with E-state index in [4.69, 9.17) is 4.98 Å². The van der Waals surface area contributed by atoms with Gasteiger partial charge >= 0.3 is 0 Å². The summed E-state index contributed by atoms with van der Waals surface area (Å²) in [6.45, 7) is 4.83. The lowest BCUT2D eigenvalue weighted by atomic mass is 9.56. The van der Waals surface area contributed by atoms with E-state index < -0.39 is 0 Å². The molecule has 0 N–H and O–H groups in total. The fourth-order valence-electron chi connectivity index (χ4n) is 4.80. The molecule has 2 heteroatoms. The second kappa shape index (κ2) is 5.22. The van der Waals surface area contributed by atoms with Crippen molar-refractivity contribution in [3.05, 3.63) is 23.8 Å². The van der Waals surface area contributed by atoms with Crippen LogP contribution in [0.2, 0.25) is 0 Å². The summed E-state index contributed by atoms with van der Waals surface area (Å²) in [6.07, 6.45) is 14.3. The van der Waals surface area contributed by atoms with E-state index in [1.165, 1.54) is 56.3 Å². The Bertz CT molecular complexity index is 443. The monoisotopic (exact) mass is 258 g/mol. The molecule has 1 aromatic heterocycles. The second-order valence-electron chi connectivity index (χ2n) is 6.54. The van der Waals surface area contributed by atoms with Crippen molar-refractivity contribution in [1.29, 1.82) is 0 Å². The fourth-order valence-corrected chi connectivity index (χ4v) is 4.80. The Morgan fingerprint density at radius 1 is 1.16 bits per heavy atom. The van der Waals surface area contributed by atoms with Gasteiger partial charge < -0.3 is 0 Å². The Balaban J connectivity index is 2.14. The van der Waals surface area contributed by atoms with Gasteiger partial charge in [-0.05, 0) is 43.9 Å². The topological polar surface area (TPSA) is 25.8 Å². The Morgan fingerprint density at radius 2 is 2.00 bits per heavy atom. The van der Waals surface area contributed by atoms with E-state index in [2.05, 4.69) is 18.8 Å². The van der Waals surface area contributed by atoms with Gasteiger partial charge in [0.25, 0.3) is 0 Å². The lowest BCUT2D eigenvalue weighted by Crippen LogP contribution is -2.45. The van der Waals surface area contributed by atoms with Crippen LogP contribution in [0.3, 0.4) is 0 Å². The molecule has 1 heterocycles. The molecule has 3 unspecified atom stereocenters. The van der Waals surface area contributed by atoms with Crippen molar-refractivity contribution >= 4 is 0 Å². The van der Waals surface area contributed by atoms with E-state index in [1.54, 1.807) is 0 Å². The van der Waals surface area contributed by atoms with Crippen molar-refractivity contribution < 1.29 is 0 Å². The molecule has 1 spiro atoms. The van der Waals surface area contributed by atoms with Gasteiger partial charge in [-0.1, -0.05) is 33.1 Å². The molecule has 3 atom stereocenters. The van der Waals surface area contributed by atoms with Crippen LogP contribution in [0.1, 0.15) is 70.2 Å². The number of hydrogen-bond acceptors (Lipinski definition) is 2. The summed E-state index contributed by atoms with van der Waals surface area (Å²) >= 11 is 0. The van der Waals surface area contributed by atoms with Crippen LogP contribution in [-0.2, 0) is 11.8 Å². The molecule has 0 saturated heterocycles. The predicted molar refractivity (Wildman–Crippen MR) is 78.1 cm³/mol. The van der Waals surface area contributed by atoms with Gasteiger partial charge in [0.2, 0.25) is 0 Å². The van der Waals surface area contributed by atoms with Crippen LogP contribution in [-0.4, -0.2) is 9.97 Å². The van der Waals surface area contributed by atoms with E-state index in [-0.39, 0.29) is 0 Å². The molecule has 0 amide bonds. The maximum atomic E-state index is 4.84. The van der Waals surface area contributed by atoms with E-state index in [0.717, 1.165) is 18.3 Å². The van der Waals surface area contributed by atoms with Crippen molar-refractivity contribution in [2.24, 2.45) is 11.8 Å². The van der Waals surface area contributed by atoms with Crippen molar-refractivity contribution in [2.75, 3.05) is 0 Å². The van der Waals surface area contributed by atoms with Crippen molar-refractivity contribution in [3.63, 3.8) is 0 Å². The lowest BCUT2D eigenvalue weighted by Gasteiger charge is -2.48. The Hall–Kier alpha value is -0.920. The summed E-state index contributed by atoms with van der Waals surface area (Å²) in [6, 6.07) is 0. The molecular formula is C17H26N2. The first-order valence-electron chi connectivity index (χ1n) is 8.09. The highest BCUT2D eigenvalue weighted by atomic mass is 14.8. The molecule has 0 radical (unpaired) electrons. The highest BCUT2D eigenvalue weighted by molar-refractivity contribution is 5.27. The maximum Gasteiger partial charge on any atom is 0.0685 e. The van der Waals surface area contributed by atoms with E-state index in [0.29, 0.717) is 5.41 Å². The molecule has 0 aliphatic heterocycles. The zero-order valence-electron chi connectivity index (χ0n) is 12.4. The van der Waals surface area contributed by atoms with Gasteiger partial charge in [-0.3, -0.25) is 9.97 Å². The van der Waals surface area contributed by atoms with Crippen molar-refractivity contribution in [1.82, 2.24) is 9.97 Å². The summed E-state index contributed by atoms with van der Waals surface area (Å²) in [4.78, 5) is 9.51. The van der Waals surface area contributed by atoms with E-state index >= 15 is 0 Å². The van der Waals surface area contributed by atoms with Crippen LogP contribution in [0.4, 0.5) is 0 Å². The van der Waals surface area contributed by atoms with Gasteiger partial charge in [0.05, 0.1) is 11.4 Å². The maximum absolute atomic E-state index is 4.84. The van der Waals surface area contributed by atoms with Gasteiger partial charge in [-0.25, -0.2) is 0 Å². The standard InChI is InChI=1S/C17H26N2/c1-3-14-8-6-7-13(2)17(14)10-5-4-9-15-16(17)19-12-11-18-15/h11-14H,3-10H2,1-2H3. The van der Waals surface area contributed by atoms with Crippen LogP contribution >= 0.6 is 0 Å². The van der Waals surface area contributed by atoms with Gasteiger partial charge in [0, 0.05) is 17.8 Å². The molecule has 1 aromatic rings. The quantitative estimate of drug-likeness (QED) is 0.751. The first-order chi connectivity index (χ1) is 9.29. The average Bonchev–Trinajstić information content (AvgIpc) is 2.63. The molecule has 1 saturated carbocycles. The summed E-state index contributed by atoms with van der Waals surface area (Å²) < 4.78 is 0. The molecule has 3 rings (SSSR count). The zero-order chi connectivity index (χ0) is 13.3. The highest BCUT2D eigenvalue weighted by Gasteiger charge is 2.48. The van der Waals surface area contributed by atoms with Crippen LogP contribution in [0.25, 0.3) is 0 Å². The first-order valence-corrected chi connectivity index (χ1v) is 8.09. The summed E-state index contributed by atoms with van der Waals surface area (Å²) in [5.41, 5.74) is 2.99. The van der Waals surface area contributed by atoms with E-state index in [9.17, 15) is 0 Å². The second-order valence-corrected chi connectivity index (χ2v) is 6.54. The predicted octanol–water partition coefficient (Wildman–Crippen LogP) is 4.29. The number of hydrogen-bond donors (Lipinski definition) is 0. The van der Waals surface area contributed by atoms with Crippen LogP contribution in [0.5, 0.6) is 0 Å². The molecule has 0 aromatic carbocycles. The Kier molecular flexibility index (Phi) is 3.60.